The first kappa shape index (κ1) is 36.3. The van der Waals surface area contributed by atoms with E-state index in [4.69, 9.17) is 23.8 Å². The van der Waals surface area contributed by atoms with Gasteiger partial charge in [0.1, 0.15) is 22.3 Å². The van der Waals surface area contributed by atoms with E-state index in [0.29, 0.717) is 17.5 Å². The molecule has 296 valence electrons. The molecule has 12 aromatic rings. The van der Waals surface area contributed by atoms with E-state index in [9.17, 15) is 0 Å². The maximum absolute atomic E-state index is 6.58. The molecule has 6 nitrogen and oxygen atoms in total. The van der Waals surface area contributed by atoms with Crippen molar-refractivity contribution in [3.05, 3.63) is 218 Å². The third kappa shape index (κ3) is 6.49. The second kappa shape index (κ2) is 15.1. The quantitative estimate of drug-likeness (QED) is 0.152. The summed E-state index contributed by atoms with van der Waals surface area (Å²) >= 11 is 0. The van der Waals surface area contributed by atoms with Gasteiger partial charge in [0.25, 0.3) is 0 Å². The van der Waals surface area contributed by atoms with Gasteiger partial charge in [0.05, 0.1) is 0 Å². The topological polar surface area (TPSA) is 68.2 Å². The normalized spacial score (nSPS) is 11.5. The SMILES string of the molecule is c1ccc(-c2ccc(N(c3ccc(-c4cccc5c4oc4ccccc45)cc3)c3ccc4oc5cccc(-c6nc(-c7ccccc7)nc(-c7ccccc7)n6)c5c4c3)cc2)cc1. The fourth-order valence-electron chi connectivity index (χ4n) is 8.71. The highest BCUT2D eigenvalue weighted by molar-refractivity contribution is 6.13. The highest BCUT2D eigenvalue weighted by atomic mass is 16.3. The van der Waals surface area contributed by atoms with Gasteiger partial charge in [-0.1, -0.05) is 164 Å². The van der Waals surface area contributed by atoms with Crippen molar-refractivity contribution < 1.29 is 8.83 Å². The Hall–Kier alpha value is -8.61. The number of rotatable bonds is 8. The Morgan fingerprint density at radius 3 is 1.48 bits per heavy atom. The Kier molecular flexibility index (Phi) is 8.71. The summed E-state index contributed by atoms with van der Waals surface area (Å²) in [6, 6.07) is 75.2. The highest BCUT2D eigenvalue weighted by Crippen LogP contribution is 2.43. The van der Waals surface area contributed by atoms with Crippen LogP contribution in [-0.4, -0.2) is 15.0 Å². The molecule has 6 heteroatoms. The zero-order valence-electron chi connectivity index (χ0n) is 33.9. The van der Waals surface area contributed by atoms with Crippen molar-refractivity contribution in [2.24, 2.45) is 0 Å². The van der Waals surface area contributed by atoms with Crippen molar-refractivity contribution in [3.63, 3.8) is 0 Å². The van der Waals surface area contributed by atoms with Gasteiger partial charge in [-0.3, -0.25) is 0 Å². The number of para-hydroxylation sites is 2. The molecule has 12 rings (SSSR count). The molecule has 0 aliphatic heterocycles. The van der Waals surface area contributed by atoms with Crippen molar-refractivity contribution in [3.8, 4) is 56.4 Å². The maximum Gasteiger partial charge on any atom is 0.164 e. The molecular formula is C57H36N4O2. The monoisotopic (exact) mass is 808 g/mol. The smallest absolute Gasteiger partial charge is 0.164 e. The zero-order valence-corrected chi connectivity index (χ0v) is 33.9. The molecular weight excluding hydrogens is 773 g/mol. The Morgan fingerprint density at radius 1 is 0.302 bits per heavy atom. The van der Waals surface area contributed by atoms with Crippen LogP contribution in [0.3, 0.4) is 0 Å². The second-order valence-electron chi connectivity index (χ2n) is 15.6. The average Bonchev–Trinajstić information content (AvgIpc) is 3.94. The van der Waals surface area contributed by atoms with Gasteiger partial charge in [0.15, 0.2) is 17.5 Å². The molecule has 3 heterocycles. The molecule has 0 amide bonds. The van der Waals surface area contributed by atoms with Gasteiger partial charge in [-0.05, 0) is 71.3 Å². The molecule has 0 saturated carbocycles. The summed E-state index contributed by atoms with van der Waals surface area (Å²) in [4.78, 5) is 17.5. The number of anilines is 3. The standard InChI is InChI=1S/C57H36N4O2/c1-4-14-37(15-5-1)38-26-30-42(31-27-38)61(43-32-28-39(29-33-43)45-21-12-22-47-46-20-10-11-24-50(46)63-54(45)47)44-34-35-51-49(36-44)53-48(23-13-25-52(53)62-51)57-59-55(40-16-6-2-7-17-40)58-56(60-57)41-18-8-3-9-19-41/h1-36H. The lowest BCUT2D eigenvalue weighted by Gasteiger charge is -2.26. The van der Waals surface area contributed by atoms with Crippen LogP contribution in [-0.2, 0) is 0 Å². The number of hydrogen-bond donors (Lipinski definition) is 0. The predicted molar refractivity (Wildman–Crippen MR) is 256 cm³/mol. The molecule has 0 spiro atoms. The lowest BCUT2D eigenvalue weighted by atomic mass is 10.0. The molecule has 0 atom stereocenters. The number of benzene rings is 9. The second-order valence-corrected chi connectivity index (χ2v) is 15.6. The Bertz CT molecular complexity index is 3540. The van der Waals surface area contributed by atoms with Gasteiger partial charge < -0.3 is 13.7 Å². The number of hydrogen-bond acceptors (Lipinski definition) is 6. The van der Waals surface area contributed by atoms with E-state index in [1.54, 1.807) is 0 Å². The van der Waals surface area contributed by atoms with Gasteiger partial charge in [-0.2, -0.15) is 0 Å². The molecule has 63 heavy (non-hydrogen) atoms. The molecule has 0 aliphatic rings. The van der Waals surface area contributed by atoms with E-state index in [-0.39, 0.29) is 0 Å². The van der Waals surface area contributed by atoms with Crippen LogP contribution in [0.25, 0.3) is 100 Å². The summed E-state index contributed by atoms with van der Waals surface area (Å²) in [6.45, 7) is 0. The first-order valence-corrected chi connectivity index (χ1v) is 21.0. The van der Waals surface area contributed by atoms with E-state index >= 15 is 0 Å². The number of furan rings is 2. The lowest BCUT2D eigenvalue weighted by Crippen LogP contribution is -2.09. The Labute approximate surface area is 363 Å². The van der Waals surface area contributed by atoms with Crippen LogP contribution in [0.2, 0.25) is 0 Å². The molecule has 0 aliphatic carbocycles. The van der Waals surface area contributed by atoms with E-state index in [0.717, 1.165) is 94.3 Å². The zero-order chi connectivity index (χ0) is 41.7. The van der Waals surface area contributed by atoms with E-state index in [1.165, 1.54) is 5.56 Å². The van der Waals surface area contributed by atoms with Gasteiger partial charge >= 0.3 is 0 Å². The highest BCUT2D eigenvalue weighted by Gasteiger charge is 2.21. The minimum Gasteiger partial charge on any atom is -0.456 e. The number of fused-ring (bicyclic) bond motifs is 6. The summed E-state index contributed by atoms with van der Waals surface area (Å²) in [5.74, 6) is 1.79. The number of aromatic nitrogens is 3. The third-order valence-corrected chi connectivity index (χ3v) is 11.8. The molecule has 0 radical (unpaired) electrons. The van der Waals surface area contributed by atoms with Gasteiger partial charge in [0.2, 0.25) is 0 Å². The summed E-state index contributed by atoms with van der Waals surface area (Å²) in [5.41, 5.74) is 13.4. The summed E-state index contributed by atoms with van der Waals surface area (Å²) in [6.07, 6.45) is 0. The van der Waals surface area contributed by atoms with Crippen LogP contribution in [0.15, 0.2) is 227 Å². The van der Waals surface area contributed by atoms with Crippen LogP contribution in [0.4, 0.5) is 17.1 Å². The predicted octanol–water partition coefficient (Wildman–Crippen LogP) is 15.5. The van der Waals surface area contributed by atoms with Gasteiger partial charge in [-0.15, -0.1) is 0 Å². The van der Waals surface area contributed by atoms with Gasteiger partial charge in [-0.25, -0.2) is 15.0 Å². The molecule has 0 bridgehead atoms. The minimum absolute atomic E-state index is 0.574. The summed E-state index contributed by atoms with van der Waals surface area (Å²) in [5, 5.41) is 4.12. The van der Waals surface area contributed by atoms with E-state index < -0.39 is 0 Å². The molecule has 3 aromatic heterocycles. The average molecular weight is 809 g/mol. The van der Waals surface area contributed by atoms with Crippen molar-refractivity contribution in [2.45, 2.75) is 0 Å². The first-order valence-electron chi connectivity index (χ1n) is 21.0. The minimum atomic E-state index is 0.574. The maximum atomic E-state index is 6.58. The molecule has 0 N–H and O–H groups in total. The van der Waals surface area contributed by atoms with Crippen molar-refractivity contribution >= 4 is 60.9 Å². The summed E-state index contributed by atoms with van der Waals surface area (Å²) < 4.78 is 13.0. The summed E-state index contributed by atoms with van der Waals surface area (Å²) in [7, 11) is 0. The van der Waals surface area contributed by atoms with E-state index in [2.05, 4.69) is 132 Å². The molecule has 0 unspecified atom stereocenters. The van der Waals surface area contributed by atoms with E-state index in [1.807, 2.05) is 91.0 Å². The third-order valence-electron chi connectivity index (χ3n) is 11.8. The van der Waals surface area contributed by atoms with Crippen LogP contribution in [0, 0.1) is 0 Å². The Balaban J connectivity index is 1.01. The molecule has 0 fully saturated rings. The first-order chi connectivity index (χ1) is 31.2. The van der Waals surface area contributed by atoms with Crippen molar-refractivity contribution in [1.29, 1.82) is 0 Å². The van der Waals surface area contributed by atoms with Gasteiger partial charge in [0, 0.05) is 60.9 Å². The lowest BCUT2D eigenvalue weighted by molar-refractivity contribution is 0.669. The van der Waals surface area contributed by atoms with Crippen LogP contribution in [0.1, 0.15) is 0 Å². The fourth-order valence-corrected chi connectivity index (χ4v) is 8.71. The van der Waals surface area contributed by atoms with Crippen molar-refractivity contribution in [2.75, 3.05) is 4.90 Å². The Morgan fingerprint density at radius 2 is 0.794 bits per heavy atom. The fraction of sp³-hybridized carbons (Fsp3) is 0. The van der Waals surface area contributed by atoms with Crippen LogP contribution >= 0.6 is 0 Å². The molecule has 9 aromatic carbocycles. The van der Waals surface area contributed by atoms with Crippen LogP contribution in [0.5, 0.6) is 0 Å². The molecule has 0 saturated heterocycles. The largest absolute Gasteiger partial charge is 0.456 e. The van der Waals surface area contributed by atoms with Crippen molar-refractivity contribution in [1.82, 2.24) is 15.0 Å². The van der Waals surface area contributed by atoms with Crippen LogP contribution < -0.4 is 4.90 Å². The number of nitrogens with zero attached hydrogens (tertiary/aromatic N) is 4.